The molecule has 0 spiro atoms. The van der Waals surface area contributed by atoms with E-state index in [0.717, 1.165) is 48.1 Å². The maximum absolute atomic E-state index is 6.10. The van der Waals surface area contributed by atoms with E-state index in [2.05, 4.69) is 41.9 Å². The van der Waals surface area contributed by atoms with E-state index < -0.39 is 0 Å². The zero-order valence-electron chi connectivity index (χ0n) is 12.3. The Hall–Kier alpha value is -0.580. The van der Waals surface area contributed by atoms with E-state index in [-0.39, 0.29) is 12.1 Å². The molecule has 2 rings (SSSR count). The SMILES string of the molecule is CCC(N)Cc1cc(Br)cc(C)c1OCC1CCCO1. The van der Waals surface area contributed by atoms with Crippen LogP contribution < -0.4 is 10.5 Å². The number of halogens is 1. The Morgan fingerprint density at radius 1 is 1.50 bits per heavy atom. The smallest absolute Gasteiger partial charge is 0.125 e. The molecule has 1 aliphatic heterocycles. The van der Waals surface area contributed by atoms with Crippen LogP contribution in [0.15, 0.2) is 16.6 Å². The lowest BCUT2D eigenvalue weighted by Gasteiger charge is -2.19. The van der Waals surface area contributed by atoms with Crippen molar-refractivity contribution < 1.29 is 9.47 Å². The zero-order valence-corrected chi connectivity index (χ0v) is 13.9. The molecule has 3 nitrogen and oxygen atoms in total. The predicted octanol–water partition coefficient (Wildman–Crippen LogP) is 3.60. The topological polar surface area (TPSA) is 44.5 Å². The predicted molar refractivity (Wildman–Crippen MR) is 85.3 cm³/mol. The van der Waals surface area contributed by atoms with E-state index in [4.69, 9.17) is 15.2 Å². The minimum absolute atomic E-state index is 0.175. The summed E-state index contributed by atoms with van der Waals surface area (Å²) >= 11 is 3.56. The van der Waals surface area contributed by atoms with Crippen LogP contribution in [0.5, 0.6) is 5.75 Å². The summed E-state index contributed by atoms with van der Waals surface area (Å²) in [6.45, 7) is 5.69. The highest BCUT2D eigenvalue weighted by Crippen LogP contribution is 2.30. The lowest BCUT2D eigenvalue weighted by Crippen LogP contribution is -2.23. The molecule has 2 unspecified atom stereocenters. The van der Waals surface area contributed by atoms with Crippen LogP contribution >= 0.6 is 15.9 Å². The summed E-state index contributed by atoms with van der Waals surface area (Å²) in [7, 11) is 0. The molecule has 2 N–H and O–H groups in total. The molecule has 2 atom stereocenters. The number of hydrogen-bond donors (Lipinski definition) is 1. The van der Waals surface area contributed by atoms with Gasteiger partial charge in [-0.1, -0.05) is 22.9 Å². The van der Waals surface area contributed by atoms with Crippen LogP contribution in [0.4, 0.5) is 0 Å². The van der Waals surface area contributed by atoms with Crippen LogP contribution in [0.1, 0.15) is 37.3 Å². The van der Waals surface area contributed by atoms with Crippen molar-refractivity contribution in [3.05, 3.63) is 27.7 Å². The van der Waals surface area contributed by atoms with Gasteiger partial charge >= 0.3 is 0 Å². The minimum Gasteiger partial charge on any atom is -0.490 e. The van der Waals surface area contributed by atoms with Crippen LogP contribution in [0, 0.1) is 6.92 Å². The van der Waals surface area contributed by atoms with Gasteiger partial charge in [0.15, 0.2) is 0 Å². The fourth-order valence-electron chi connectivity index (χ4n) is 2.54. The largest absolute Gasteiger partial charge is 0.490 e. The number of hydrogen-bond acceptors (Lipinski definition) is 3. The lowest BCUT2D eigenvalue weighted by atomic mass is 10.0. The summed E-state index contributed by atoms with van der Waals surface area (Å²) in [6, 6.07) is 4.38. The van der Waals surface area contributed by atoms with Crippen molar-refractivity contribution in [1.29, 1.82) is 0 Å². The molecule has 0 saturated carbocycles. The third-order valence-corrected chi connectivity index (χ3v) is 4.22. The summed E-state index contributed by atoms with van der Waals surface area (Å²) in [4.78, 5) is 0. The maximum atomic E-state index is 6.10. The van der Waals surface area contributed by atoms with E-state index in [1.165, 1.54) is 5.56 Å². The van der Waals surface area contributed by atoms with Gasteiger partial charge < -0.3 is 15.2 Å². The first kappa shape index (κ1) is 15.8. The molecule has 1 saturated heterocycles. The monoisotopic (exact) mass is 341 g/mol. The molecular weight excluding hydrogens is 318 g/mol. The van der Waals surface area contributed by atoms with Crippen molar-refractivity contribution in [2.75, 3.05) is 13.2 Å². The maximum Gasteiger partial charge on any atom is 0.125 e. The Labute approximate surface area is 130 Å². The second-order valence-corrected chi connectivity index (χ2v) is 6.45. The second kappa shape index (κ2) is 7.43. The van der Waals surface area contributed by atoms with Gasteiger partial charge in [-0.25, -0.2) is 0 Å². The van der Waals surface area contributed by atoms with Crippen molar-refractivity contribution >= 4 is 15.9 Å². The molecule has 0 amide bonds. The van der Waals surface area contributed by atoms with E-state index in [1.54, 1.807) is 0 Å². The number of ether oxygens (including phenoxy) is 2. The van der Waals surface area contributed by atoms with Gasteiger partial charge in [-0.2, -0.15) is 0 Å². The number of nitrogens with two attached hydrogens (primary N) is 1. The average Bonchev–Trinajstić information content (AvgIpc) is 2.90. The summed E-state index contributed by atoms with van der Waals surface area (Å²) < 4.78 is 12.8. The highest BCUT2D eigenvalue weighted by molar-refractivity contribution is 9.10. The second-order valence-electron chi connectivity index (χ2n) is 5.53. The van der Waals surface area contributed by atoms with Crippen LogP contribution in [0.25, 0.3) is 0 Å². The Kier molecular flexibility index (Phi) is 5.87. The van der Waals surface area contributed by atoms with E-state index in [0.29, 0.717) is 6.61 Å². The molecule has 112 valence electrons. The molecule has 1 fully saturated rings. The van der Waals surface area contributed by atoms with Gasteiger partial charge in [0.2, 0.25) is 0 Å². The third kappa shape index (κ3) is 4.21. The average molecular weight is 342 g/mol. The molecule has 20 heavy (non-hydrogen) atoms. The Morgan fingerprint density at radius 2 is 2.30 bits per heavy atom. The van der Waals surface area contributed by atoms with Crippen LogP contribution in [0.3, 0.4) is 0 Å². The molecular formula is C16H24BrNO2. The van der Waals surface area contributed by atoms with Gasteiger partial charge in [-0.15, -0.1) is 0 Å². The van der Waals surface area contributed by atoms with Gasteiger partial charge in [0.05, 0.1) is 6.10 Å². The fraction of sp³-hybridized carbons (Fsp3) is 0.625. The van der Waals surface area contributed by atoms with E-state index in [9.17, 15) is 0 Å². The first-order valence-corrected chi connectivity index (χ1v) is 8.18. The number of aryl methyl sites for hydroxylation is 1. The molecule has 1 aromatic rings. The summed E-state index contributed by atoms with van der Waals surface area (Å²) in [5, 5.41) is 0. The molecule has 0 radical (unpaired) electrons. The van der Waals surface area contributed by atoms with Crippen molar-refractivity contribution in [2.45, 2.75) is 51.7 Å². The van der Waals surface area contributed by atoms with Gasteiger partial charge in [-0.05, 0) is 55.9 Å². The number of rotatable bonds is 6. The van der Waals surface area contributed by atoms with Gasteiger partial charge in [0, 0.05) is 17.1 Å². The highest BCUT2D eigenvalue weighted by atomic mass is 79.9. The summed E-state index contributed by atoms with van der Waals surface area (Å²) in [5.41, 5.74) is 8.43. The third-order valence-electron chi connectivity index (χ3n) is 3.76. The normalized spacial score (nSPS) is 20.1. The molecule has 0 bridgehead atoms. The first-order valence-electron chi connectivity index (χ1n) is 7.39. The summed E-state index contributed by atoms with van der Waals surface area (Å²) in [5.74, 6) is 0.979. The Balaban J connectivity index is 2.11. The number of benzene rings is 1. The molecule has 0 aromatic heterocycles. The van der Waals surface area contributed by atoms with E-state index in [1.807, 2.05) is 0 Å². The fourth-order valence-corrected chi connectivity index (χ4v) is 3.16. The van der Waals surface area contributed by atoms with Gasteiger partial charge in [-0.3, -0.25) is 0 Å². The Morgan fingerprint density at radius 3 is 2.95 bits per heavy atom. The van der Waals surface area contributed by atoms with Crippen LogP contribution in [-0.4, -0.2) is 25.4 Å². The molecule has 1 aromatic carbocycles. The van der Waals surface area contributed by atoms with Gasteiger partial charge in [0.1, 0.15) is 12.4 Å². The van der Waals surface area contributed by atoms with Crippen molar-refractivity contribution in [3.8, 4) is 5.75 Å². The van der Waals surface area contributed by atoms with Crippen molar-refractivity contribution in [3.63, 3.8) is 0 Å². The molecule has 0 aliphatic carbocycles. The molecule has 1 aliphatic rings. The summed E-state index contributed by atoms with van der Waals surface area (Å²) in [6.07, 6.45) is 4.29. The Bertz CT molecular complexity index is 444. The quantitative estimate of drug-likeness (QED) is 0.859. The van der Waals surface area contributed by atoms with Crippen LogP contribution in [-0.2, 0) is 11.2 Å². The van der Waals surface area contributed by atoms with Crippen LogP contribution in [0.2, 0.25) is 0 Å². The zero-order chi connectivity index (χ0) is 14.5. The first-order chi connectivity index (χ1) is 9.60. The highest BCUT2D eigenvalue weighted by Gasteiger charge is 2.18. The lowest BCUT2D eigenvalue weighted by molar-refractivity contribution is 0.0673. The van der Waals surface area contributed by atoms with Gasteiger partial charge in [0.25, 0.3) is 0 Å². The standard InChI is InChI=1S/C16H24BrNO2/c1-3-14(18)9-12-8-13(17)7-11(2)16(12)20-10-15-5-4-6-19-15/h7-8,14-15H,3-6,9-10,18H2,1-2H3. The molecule has 4 heteroatoms. The van der Waals surface area contributed by atoms with E-state index >= 15 is 0 Å². The van der Waals surface area contributed by atoms with Crippen molar-refractivity contribution in [1.82, 2.24) is 0 Å². The van der Waals surface area contributed by atoms with Crippen molar-refractivity contribution in [2.24, 2.45) is 5.73 Å². The molecule has 1 heterocycles. The minimum atomic E-state index is 0.175.